The summed E-state index contributed by atoms with van der Waals surface area (Å²) in [5, 5.41) is 15.7. The summed E-state index contributed by atoms with van der Waals surface area (Å²) in [4.78, 5) is 73.6. The molecule has 58 heavy (non-hydrogen) atoms. The quantitative estimate of drug-likeness (QED) is 0.120. The number of carboxylic acid groups (broad SMARTS) is 1. The number of nitrogens with zero attached hydrogens (tertiary/aromatic N) is 3. The minimum Gasteiger partial charge on any atom is -0.480 e. The zero-order valence-electron chi connectivity index (χ0n) is 37.6. The van der Waals surface area contributed by atoms with E-state index in [1.54, 1.807) is 30.9 Å². The molecule has 0 aliphatic carbocycles. The number of rotatable bonds is 24. The van der Waals surface area contributed by atoms with Gasteiger partial charge in [-0.25, -0.2) is 4.79 Å². The van der Waals surface area contributed by atoms with Crippen LogP contribution in [0.5, 0.6) is 0 Å². The van der Waals surface area contributed by atoms with Crippen molar-refractivity contribution in [3.05, 3.63) is 35.9 Å². The fraction of sp³-hybridized carbons (Fsp3) is 0.750. The molecule has 0 unspecified atom stereocenters. The third-order valence-electron chi connectivity index (χ3n) is 12.1. The summed E-state index contributed by atoms with van der Waals surface area (Å²) < 4.78 is 11.9. The van der Waals surface area contributed by atoms with Crippen LogP contribution in [0.3, 0.4) is 0 Å². The Kier molecular flexibility index (Phi) is 20.8. The number of likely N-dealkylation sites (tertiary alicyclic amines) is 1. The summed E-state index contributed by atoms with van der Waals surface area (Å²) in [5.41, 5.74) is 7.15. The Morgan fingerprint density at radius 2 is 1.52 bits per heavy atom. The number of nitrogens with two attached hydrogens (primary N) is 1. The van der Waals surface area contributed by atoms with Gasteiger partial charge in [0, 0.05) is 46.8 Å². The third kappa shape index (κ3) is 13.7. The Morgan fingerprint density at radius 1 is 0.897 bits per heavy atom. The Morgan fingerprint density at radius 3 is 2.02 bits per heavy atom. The molecule has 0 bridgehead atoms. The molecule has 2 rings (SSSR count). The number of aliphatic carboxylic acids is 1. The lowest BCUT2D eigenvalue weighted by Crippen LogP contribution is -2.60. The fourth-order valence-corrected chi connectivity index (χ4v) is 8.30. The first-order valence-electron chi connectivity index (χ1n) is 21.2. The van der Waals surface area contributed by atoms with Crippen LogP contribution in [0.4, 0.5) is 0 Å². The number of carbonyl (C=O) groups excluding carboxylic acids is 4. The van der Waals surface area contributed by atoms with Gasteiger partial charge in [0.15, 0.2) is 0 Å². The van der Waals surface area contributed by atoms with Crippen LogP contribution in [-0.4, -0.2) is 139 Å². The zero-order chi connectivity index (χ0) is 44.0. The Balaban J connectivity index is 2.29. The third-order valence-corrected chi connectivity index (χ3v) is 12.1. The lowest BCUT2D eigenvalue weighted by Gasteiger charge is -2.41. The standard InChI is InChI=1S/C44H76N6O8/c1-14-29(8)39(49(11)43(54)37(27(4)5)47-42(53)38(28(6)7)48(10)25-32(45)26(2)3)35(57-12)24-36(51)50-22-18-21-34(50)40(58-13)30(9)41(52)46-33(44(55)56)23-31-19-16-15-17-20-31/h15-17,19-20,26-30,32-35,37-40H,14,18,21-25,45H2,1-13H3,(H,46,52)(H,47,53)(H,55,56)/t29-,30+,32+,33-,34-,35+,37-,38-,39-,40+/m0/s1. The van der Waals surface area contributed by atoms with Gasteiger partial charge in [0.05, 0.1) is 42.7 Å². The van der Waals surface area contributed by atoms with Gasteiger partial charge >= 0.3 is 5.97 Å². The van der Waals surface area contributed by atoms with Gasteiger partial charge in [-0.2, -0.15) is 0 Å². The number of methoxy groups -OCH3 is 2. The maximum atomic E-state index is 14.4. The zero-order valence-corrected chi connectivity index (χ0v) is 37.6. The number of hydrogen-bond acceptors (Lipinski definition) is 9. The molecule has 1 aromatic rings. The van der Waals surface area contributed by atoms with Gasteiger partial charge in [0.25, 0.3) is 0 Å². The van der Waals surface area contributed by atoms with E-state index in [0.29, 0.717) is 32.4 Å². The molecule has 5 N–H and O–H groups in total. The summed E-state index contributed by atoms with van der Waals surface area (Å²) in [6.07, 6.45) is 0.739. The van der Waals surface area contributed by atoms with Gasteiger partial charge in [-0.3, -0.25) is 24.1 Å². The molecule has 0 radical (unpaired) electrons. The lowest BCUT2D eigenvalue weighted by atomic mass is 9.89. The van der Waals surface area contributed by atoms with Gasteiger partial charge in [-0.15, -0.1) is 0 Å². The highest BCUT2D eigenvalue weighted by Crippen LogP contribution is 2.30. The molecule has 1 fully saturated rings. The van der Waals surface area contributed by atoms with Crippen molar-refractivity contribution in [2.45, 2.75) is 143 Å². The first-order chi connectivity index (χ1) is 27.2. The van der Waals surface area contributed by atoms with Gasteiger partial charge in [0.1, 0.15) is 12.1 Å². The van der Waals surface area contributed by atoms with Crippen LogP contribution in [0.25, 0.3) is 0 Å². The van der Waals surface area contributed by atoms with E-state index in [9.17, 15) is 29.1 Å². The van der Waals surface area contributed by atoms with E-state index in [2.05, 4.69) is 24.5 Å². The molecule has 0 saturated carbocycles. The highest BCUT2D eigenvalue weighted by Gasteiger charge is 2.43. The largest absolute Gasteiger partial charge is 0.480 e. The van der Waals surface area contributed by atoms with Crippen LogP contribution in [-0.2, 0) is 39.9 Å². The molecule has 14 heteroatoms. The summed E-state index contributed by atoms with van der Waals surface area (Å²) >= 11 is 0. The first kappa shape index (κ1) is 50.6. The second kappa shape index (κ2) is 23.9. The van der Waals surface area contributed by atoms with Crippen molar-refractivity contribution in [1.29, 1.82) is 0 Å². The maximum Gasteiger partial charge on any atom is 0.326 e. The predicted molar refractivity (Wildman–Crippen MR) is 227 cm³/mol. The van der Waals surface area contributed by atoms with Crippen molar-refractivity contribution in [3.8, 4) is 0 Å². The van der Waals surface area contributed by atoms with Gasteiger partial charge in [-0.1, -0.05) is 99.1 Å². The average molecular weight is 817 g/mol. The van der Waals surface area contributed by atoms with Crippen LogP contribution in [0.1, 0.15) is 93.6 Å². The molecule has 1 saturated heterocycles. The number of ether oxygens (including phenoxy) is 2. The second-order valence-electron chi connectivity index (χ2n) is 17.4. The molecule has 330 valence electrons. The molecule has 10 atom stereocenters. The average Bonchev–Trinajstić information content (AvgIpc) is 3.65. The molecular formula is C44H76N6O8. The number of carbonyl (C=O) groups is 5. The second-order valence-corrected chi connectivity index (χ2v) is 17.4. The van der Waals surface area contributed by atoms with E-state index in [4.69, 9.17) is 15.2 Å². The maximum absolute atomic E-state index is 14.4. The number of benzene rings is 1. The van der Waals surface area contributed by atoms with Crippen LogP contribution >= 0.6 is 0 Å². The summed E-state index contributed by atoms with van der Waals surface area (Å²) in [6.45, 7) is 18.6. The van der Waals surface area contributed by atoms with Gasteiger partial charge < -0.3 is 40.7 Å². The minimum absolute atomic E-state index is 0.0240. The monoisotopic (exact) mass is 817 g/mol. The lowest BCUT2D eigenvalue weighted by molar-refractivity contribution is -0.148. The Labute approximate surface area is 348 Å². The van der Waals surface area contributed by atoms with E-state index in [0.717, 1.165) is 5.56 Å². The molecule has 0 aromatic heterocycles. The summed E-state index contributed by atoms with van der Waals surface area (Å²) in [7, 11) is 6.64. The van der Waals surface area contributed by atoms with Crippen molar-refractivity contribution in [3.63, 3.8) is 0 Å². The number of amides is 4. The molecule has 1 heterocycles. The van der Waals surface area contributed by atoms with E-state index in [-0.39, 0.29) is 60.3 Å². The number of hydrogen-bond donors (Lipinski definition) is 4. The molecule has 0 spiro atoms. The molecule has 1 aromatic carbocycles. The van der Waals surface area contributed by atoms with Crippen LogP contribution in [0.2, 0.25) is 0 Å². The Hall–Kier alpha value is -3.59. The van der Waals surface area contributed by atoms with E-state index in [1.807, 2.05) is 83.8 Å². The van der Waals surface area contributed by atoms with E-state index in [1.165, 1.54) is 7.11 Å². The van der Waals surface area contributed by atoms with Crippen molar-refractivity contribution in [1.82, 2.24) is 25.3 Å². The summed E-state index contributed by atoms with van der Waals surface area (Å²) in [6, 6.07) is 5.60. The number of carboxylic acids is 1. The number of likely N-dealkylation sites (N-methyl/N-ethyl adjacent to an activating group) is 2. The SMILES string of the molecule is CC[C@H](C)[C@@H]([C@@H](CC(=O)N1CCC[C@H]1[C@H](OC)[C@@H](C)C(=O)N[C@@H](Cc1ccccc1)C(=O)O)OC)N(C)C(=O)[C@@H](NC(=O)[C@H](C(C)C)N(C)C[C@@H](N)C(C)C)C(C)C. The first-order valence-corrected chi connectivity index (χ1v) is 21.2. The molecule has 4 amide bonds. The van der Waals surface area contributed by atoms with Crippen molar-refractivity contribution >= 4 is 29.6 Å². The fourth-order valence-electron chi connectivity index (χ4n) is 8.30. The van der Waals surface area contributed by atoms with Crippen molar-refractivity contribution < 1.29 is 38.6 Å². The normalized spacial score (nSPS) is 19.3. The van der Waals surface area contributed by atoms with Crippen molar-refractivity contribution in [2.24, 2.45) is 35.3 Å². The highest BCUT2D eigenvalue weighted by atomic mass is 16.5. The minimum atomic E-state index is -1.14. The topological polar surface area (TPSA) is 184 Å². The van der Waals surface area contributed by atoms with E-state index < -0.39 is 60.2 Å². The molecular weight excluding hydrogens is 741 g/mol. The van der Waals surface area contributed by atoms with Crippen LogP contribution < -0.4 is 16.4 Å². The van der Waals surface area contributed by atoms with Crippen LogP contribution in [0.15, 0.2) is 30.3 Å². The molecule has 1 aliphatic rings. The van der Waals surface area contributed by atoms with Gasteiger partial charge in [-0.05, 0) is 49.1 Å². The smallest absolute Gasteiger partial charge is 0.326 e. The molecule has 14 nitrogen and oxygen atoms in total. The number of nitrogens with one attached hydrogen (secondary N) is 2. The summed E-state index contributed by atoms with van der Waals surface area (Å²) in [5.74, 6) is -3.16. The van der Waals surface area contributed by atoms with E-state index >= 15 is 0 Å². The molecule has 1 aliphatic heterocycles. The van der Waals surface area contributed by atoms with Crippen LogP contribution in [0, 0.1) is 29.6 Å². The highest BCUT2D eigenvalue weighted by molar-refractivity contribution is 5.90. The van der Waals surface area contributed by atoms with Crippen molar-refractivity contribution in [2.75, 3.05) is 41.4 Å². The Bertz CT molecular complexity index is 1460. The predicted octanol–water partition coefficient (Wildman–Crippen LogP) is 3.80. The van der Waals surface area contributed by atoms with Gasteiger partial charge in [0.2, 0.25) is 23.6 Å².